The second-order valence-electron chi connectivity index (χ2n) is 4.28. The molecule has 0 radical (unpaired) electrons. The van der Waals surface area contributed by atoms with Crippen molar-refractivity contribution in [3.8, 4) is 0 Å². The third-order valence-electron chi connectivity index (χ3n) is 2.88. The summed E-state index contributed by atoms with van der Waals surface area (Å²) in [5, 5.41) is 0. The summed E-state index contributed by atoms with van der Waals surface area (Å²) in [6.45, 7) is 1.80. The van der Waals surface area contributed by atoms with Crippen LogP contribution in [0.4, 0.5) is 13.2 Å². The van der Waals surface area contributed by atoms with Crippen molar-refractivity contribution >= 4 is 11.6 Å². The van der Waals surface area contributed by atoms with Gasteiger partial charge in [0.05, 0.1) is 5.57 Å². The molecule has 0 heterocycles. The van der Waals surface area contributed by atoms with Gasteiger partial charge in [-0.2, -0.15) is 13.2 Å². The molecule has 0 aliphatic carbocycles. The van der Waals surface area contributed by atoms with E-state index in [1.807, 2.05) is 6.07 Å². The quantitative estimate of drug-likeness (QED) is 0.661. The molecule has 0 spiro atoms. The second kappa shape index (κ2) is 5.31. The first-order chi connectivity index (χ1) is 8.98. The van der Waals surface area contributed by atoms with E-state index in [1.165, 1.54) is 18.2 Å². The molecule has 0 bridgehead atoms. The molecule has 2 rings (SSSR count). The molecular formula is C16H13F3. The van der Waals surface area contributed by atoms with Crippen molar-refractivity contribution < 1.29 is 13.2 Å². The van der Waals surface area contributed by atoms with Crippen LogP contribution in [0, 0.1) is 6.92 Å². The molecule has 0 atom stereocenters. The third kappa shape index (κ3) is 3.25. The predicted molar refractivity (Wildman–Crippen MR) is 71.5 cm³/mol. The largest absolute Gasteiger partial charge is 0.417 e. The molecule has 0 amide bonds. The van der Waals surface area contributed by atoms with Gasteiger partial charge in [0.15, 0.2) is 0 Å². The maximum absolute atomic E-state index is 13.2. The number of rotatable bonds is 2. The molecule has 19 heavy (non-hydrogen) atoms. The van der Waals surface area contributed by atoms with Crippen LogP contribution in [-0.4, -0.2) is 6.18 Å². The van der Waals surface area contributed by atoms with Crippen LogP contribution in [0.1, 0.15) is 16.7 Å². The molecule has 0 N–H and O–H groups in total. The molecule has 0 nitrogen and oxygen atoms in total. The predicted octanol–water partition coefficient (Wildman–Crippen LogP) is 5.10. The van der Waals surface area contributed by atoms with E-state index in [9.17, 15) is 13.2 Å². The fourth-order valence-corrected chi connectivity index (χ4v) is 1.85. The Morgan fingerprint density at radius 3 is 2.05 bits per heavy atom. The molecule has 2 aromatic rings. The first kappa shape index (κ1) is 13.4. The Labute approximate surface area is 110 Å². The highest BCUT2D eigenvalue weighted by atomic mass is 19.4. The second-order valence-corrected chi connectivity index (χ2v) is 4.28. The van der Waals surface area contributed by atoms with Gasteiger partial charge in [0.25, 0.3) is 0 Å². The van der Waals surface area contributed by atoms with E-state index in [1.54, 1.807) is 43.3 Å². The summed E-state index contributed by atoms with van der Waals surface area (Å²) in [5.74, 6) is 0. The van der Waals surface area contributed by atoms with Crippen molar-refractivity contribution in [1.29, 1.82) is 0 Å². The van der Waals surface area contributed by atoms with Crippen molar-refractivity contribution in [2.24, 2.45) is 0 Å². The van der Waals surface area contributed by atoms with E-state index in [4.69, 9.17) is 0 Å². The third-order valence-corrected chi connectivity index (χ3v) is 2.88. The van der Waals surface area contributed by atoms with Crippen molar-refractivity contribution in [3.05, 3.63) is 71.3 Å². The Kier molecular flexibility index (Phi) is 3.74. The summed E-state index contributed by atoms with van der Waals surface area (Å²) in [7, 11) is 0. The van der Waals surface area contributed by atoms with Gasteiger partial charge in [-0.05, 0) is 29.7 Å². The summed E-state index contributed by atoms with van der Waals surface area (Å²) in [6, 6.07) is 14.9. The highest BCUT2D eigenvalue weighted by molar-refractivity contribution is 5.84. The van der Waals surface area contributed by atoms with Gasteiger partial charge in [-0.1, -0.05) is 54.6 Å². The summed E-state index contributed by atoms with van der Waals surface area (Å²) >= 11 is 0. The van der Waals surface area contributed by atoms with Crippen LogP contribution in [0.5, 0.6) is 0 Å². The van der Waals surface area contributed by atoms with Crippen molar-refractivity contribution in [2.45, 2.75) is 13.1 Å². The van der Waals surface area contributed by atoms with E-state index in [-0.39, 0.29) is 5.56 Å². The number of hydrogen-bond donors (Lipinski definition) is 0. The van der Waals surface area contributed by atoms with Crippen molar-refractivity contribution in [1.82, 2.24) is 0 Å². The molecule has 0 saturated heterocycles. The van der Waals surface area contributed by atoms with Gasteiger partial charge in [0, 0.05) is 0 Å². The average Bonchev–Trinajstić information content (AvgIpc) is 2.37. The topological polar surface area (TPSA) is 0 Å². The van der Waals surface area contributed by atoms with Gasteiger partial charge < -0.3 is 0 Å². The fourth-order valence-electron chi connectivity index (χ4n) is 1.85. The maximum atomic E-state index is 13.2. The standard InChI is InChI=1S/C16H13F3/c1-12-7-5-6-10-14(12)11-15(16(17,18)19)13-8-3-2-4-9-13/h2-11H,1H3/b15-11+. The average molecular weight is 262 g/mol. The number of benzene rings is 2. The minimum Gasteiger partial charge on any atom is -0.166 e. The zero-order valence-electron chi connectivity index (χ0n) is 10.4. The number of halogens is 3. The van der Waals surface area contributed by atoms with Gasteiger partial charge in [-0.25, -0.2) is 0 Å². The highest BCUT2D eigenvalue weighted by Crippen LogP contribution is 2.35. The monoisotopic (exact) mass is 262 g/mol. The minimum atomic E-state index is -4.37. The van der Waals surface area contributed by atoms with Crippen molar-refractivity contribution in [3.63, 3.8) is 0 Å². The van der Waals surface area contributed by atoms with E-state index >= 15 is 0 Å². The summed E-state index contributed by atoms with van der Waals surface area (Å²) < 4.78 is 39.5. The molecule has 3 heteroatoms. The number of alkyl halides is 3. The SMILES string of the molecule is Cc1ccccc1/C=C(\c1ccccc1)C(F)(F)F. The van der Waals surface area contributed by atoms with E-state index < -0.39 is 11.7 Å². The molecule has 0 aliphatic heterocycles. The lowest BCUT2D eigenvalue weighted by atomic mass is 10.00. The first-order valence-corrected chi connectivity index (χ1v) is 5.88. The van der Waals surface area contributed by atoms with Gasteiger partial charge in [0.1, 0.15) is 0 Å². The Morgan fingerprint density at radius 1 is 0.895 bits per heavy atom. The Bertz CT molecular complexity index is 580. The van der Waals surface area contributed by atoms with Gasteiger partial charge in [0.2, 0.25) is 0 Å². The van der Waals surface area contributed by atoms with Crippen LogP contribution in [0.2, 0.25) is 0 Å². The van der Waals surface area contributed by atoms with E-state index in [0.717, 1.165) is 5.56 Å². The number of aryl methyl sites for hydroxylation is 1. The molecule has 98 valence electrons. The summed E-state index contributed by atoms with van der Waals surface area (Å²) in [4.78, 5) is 0. The van der Waals surface area contributed by atoms with Crippen LogP contribution in [0.3, 0.4) is 0 Å². The molecule has 0 fully saturated rings. The lowest BCUT2D eigenvalue weighted by Gasteiger charge is -2.13. The molecule has 0 aromatic heterocycles. The molecule has 0 saturated carbocycles. The van der Waals surface area contributed by atoms with E-state index in [0.29, 0.717) is 5.56 Å². The van der Waals surface area contributed by atoms with Crippen LogP contribution in [-0.2, 0) is 0 Å². The lowest BCUT2D eigenvalue weighted by Crippen LogP contribution is -2.10. The van der Waals surface area contributed by atoms with Gasteiger partial charge >= 0.3 is 6.18 Å². The Balaban J connectivity index is 2.55. The number of allylic oxidation sites excluding steroid dienone is 1. The molecular weight excluding hydrogens is 249 g/mol. The van der Waals surface area contributed by atoms with E-state index in [2.05, 4.69) is 0 Å². The van der Waals surface area contributed by atoms with Crippen LogP contribution >= 0.6 is 0 Å². The summed E-state index contributed by atoms with van der Waals surface area (Å²) in [5.41, 5.74) is 0.958. The molecule has 2 aromatic carbocycles. The zero-order valence-corrected chi connectivity index (χ0v) is 10.4. The smallest absolute Gasteiger partial charge is 0.166 e. The van der Waals surface area contributed by atoms with Crippen LogP contribution in [0.25, 0.3) is 11.6 Å². The van der Waals surface area contributed by atoms with Crippen molar-refractivity contribution in [2.75, 3.05) is 0 Å². The Morgan fingerprint density at radius 2 is 1.47 bits per heavy atom. The minimum absolute atomic E-state index is 0.179. The van der Waals surface area contributed by atoms with Gasteiger partial charge in [-0.15, -0.1) is 0 Å². The lowest BCUT2D eigenvalue weighted by molar-refractivity contribution is -0.0683. The van der Waals surface area contributed by atoms with Crippen LogP contribution < -0.4 is 0 Å². The highest BCUT2D eigenvalue weighted by Gasteiger charge is 2.34. The molecule has 0 unspecified atom stereocenters. The first-order valence-electron chi connectivity index (χ1n) is 5.88. The van der Waals surface area contributed by atoms with Crippen LogP contribution in [0.15, 0.2) is 54.6 Å². The number of hydrogen-bond acceptors (Lipinski definition) is 0. The zero-order chi connectivity index (χ0) is 13.9. The fraction of sp³-hybridized carbons (Fsp3) is 0.125. The van der Waals surface area contributed by atoms with Gasteiger partial charge in [-0.3, -0.25) is 0 Å². The summed E-state index contributed by atoms with van der Waals surface area (Å²) in [6.07, 6.45) is -3.17. The Hall–Kier alpha value is -2.03. The maximum Gasteiger partial charge on any atom is 0.417 e. The molecule has 0 aliphatic rings. The normalized spacial score (nSPS) is 12.5.